The molecule has 0 spiro atoms. The smallest absolute Gasteiger partial charge is 0.243 e. The van der Waals surface area contributed by atoms with Gasteiger partial charge in [0.2, 0.25) is 5.91 Å². The fourth-order valence-corrected chi connectivity index (χ4v) is 2.47. The van der Waals surface area contributed by atoms with Gasteiger partial charge in [0.05, 0.1) is 11.6 Å². The van der Waals surface area contributed by atoms with E-state index in [1.165, 1.54) is 5.56 Å². The number of nitrogens with one attached hydrogen (secondary N) is 2. The topological polar surface area (TPSA) is 64.9 Å². The summed E-state index contributed by atoms with van der Waals surface area (Å²) in [5.41, 5.74) is 3.82. The lowest BCUT2D eigenvalue weighted by Crippen LogP contribution is -2.38. The van der Waals surface area contributed by atoms with Crippen molar-refractivity contribution in [1.82, 2.24) is 5.32 Å². The molecule has 1 unspecified atom stereocenters. The van der Waals surface area contributed by atoms with Crippen LogP contribution in [0.3, 0.4) is 0 Å². The molecule has 1 amide bonds. The van der Waals surface area contributed by atoms with Gasteiger partial charge in [-0.25, -0.2) is 0 Å². The Labute approximate surface area is 123 Å². The Morgan fingerprint density at radius 2 is 2.00 bits per heavy atom. The van der Waals surface area contributed by atoms with Crippen molar-refractivity contribution >= 4 is 11.6 Å². The first-order valence-corrected chi connectivity index (χ1v) is 6.87. The molecule has 4 heteroatoms. The van der Waals surface area contributed by atoms with Crippen molar-refractivity contribution in [3.8, 4) is 6.07 Å². The van der Waals surface area contributed by atoms with Gasteiger partial charge in [0, 0.05) is 18.7 Å². The van der Waals surface area contributed by atoms with Gasteiger partial charge in [-0.1, -0.05) is 30.3 Å². The number of nitriles is 1. The molecule has 104 valence electrons. The van der Waals surface area contributed by atoms with Crippen LogP contribution in [0, 0.1) is 11.3 Å². The van der Waals surface area contributed by atoms with Crippen molar-refractivity contribution in [3.05, 3.63) is 65.2 Å². The molecule has 0 bridgehead atoms. The Hall–Kier alpha value is -2.80. The summed E-state index contributed by atoms with van der Waals surface area (Å²) in [6.07, 6.45) is 0.718. The Kier molecular flexibility index (Phi) is 3.57. The normalized spacial score (nSPS) is 15.7. The lowest BCUT2D eigenvalue weighted by molar-refractivity contribution is -0.121. The monoisotopic (exact) mass is 277 g/mol. The van der Waals surface area contributed by atoms with Gasteiger partial charge in [-0.2, -0.15) is 5.26 Å². The van der Waals surface area contributed by atoms with E-state index in [2.05, 4.69) is 16.7 Å². The third kappa shape index (κ3) is 2.87. The van der Waals surface area contributed by atoms with E-state index in [-0.39, 0.29) is 11.9 Å². The van der Waals surface area contributed by atoms with Gasteiger partial charge in [-0.15, -0.1) is 0 Å². The van der Waals surface area contributed by atoms with Gasteiger partial charge in [0.25, 0.3) is 0 Å². The third-order valence-electron chi connectivity index (χ3n) is 3.64. The molecular formula is C17H15N3O. The van der Waals surface area contributed by atoms with Gasteiger partial charge in [-0.3, -0.25) is 4.79 Å². The standard InChI is InChI=1S/C17H15N3O/c18-10-12-5-7-13(8-6-12)11-19-17(21)16-9-14-3-1-2-4-15(14)20-16/h1-8,16,20H,9,11H2,(H,19,21). The van der Waals surface area contributed by atoms with Crippen LogP contribution in [0.2, 0.25) is 0 Å². The second-order valence-electron chi connectivity index (χ2n) is 5.08. The number of nitrogens with zero attached hydrogens (tertiary/aromatic N) is 1. The minimum Gasteiger partial charge on any atom is -0.373 e. The number of carbonyl (C=O) groups excluding carboxylic acids is 1. The van der Waals surface area contributed by atoms with E-state index in [1.807, 2.05) is 36.4 Å². The van der Waals surface area contributed by atoms with Crippen molar-refractivity contribution in [3.63, 3.8) is 0 Å². The van der Waals surface area contributed by atoms with Crippen LogP contribution in [0.1, 0.15) is 16.7 Å². The fourth-order valence-electron chi connectivity index (χ4n) is 2.47. The van der Waals surface area contributed by atoms with Crippen molar-refractivity contribution < 1.29 is 4.79 Å². The number of benzene rings is 2. The highest BCUT2D eigenvalue weighted by molar-refractivity contribution is 5.87. The van der Waals surface area contributed by atoms with E-state index in [9.17, 15) is 4.79 Å². The SMILES string of the molecule is N#Cc1ccc(CNC(=O)C2Cc3ccccc3N2)cc1. The zero-order valence-corrected chi connectivity index (χ0v) is 11.5. The highest BCUT2D eigenvalue weighted by Gasteiger charge is 2.25. The first-order chi connectivity index (χ1) is 10.3. The minimum absolute atomic E-state index is 0.00411. The summed E-state index contributed by atoms with van der Waals surface area (Å²) < 4.78 is 0. The van der Waals surface area contributed by atoms with Crippen LogP contribution in [0.25, 0.3) is 0 Å². The minimum atomic E-state index is -0.208. The van der Waals surface area contributed by atoms with Gasteiger partial charge >= 0.3 is 0 Å². The Bertz CT molecular complexity index is 676. The van der Waals surface area contributed by atoms with Crippen molar-refractivity contribution in [1.29, 1.82) is 5.26 Å². The lowest BCUT2D eigenvalue weighted by atomic mass is 10.1. The van der Waals surface area contributed by atoms with Gasteiger partial charge in [-0.05, 0) is 29.3 Å². The van der Waals surface area contributed by atoms with Gasteiger partial charge in [0.1, 0.15) is 6.04 Å². The highest BCUT2D eigenvalue weighted by atomic mass is 16.2. The number of rotatable bonds is 3. The van der Waals surface area contributed by atoms with E-state index < -0.39 is 0 Å². The average Bonchev–Trinajstić information content (AvgIpc) is 2.97. The summed E-state index contributed by atoms with van der Waals surface area (Å²) in [4.78, 5) is 12.2. The molecule has 4 nitrogen and oxygen atoms in total. The summed E-state index contributed by atoms with van der Waals surface area (Å²) in [5, 5.41) is 14.9. The largest absolute Gasteiger partial charge is 0.373 e. The molecule has 0 saturated heterocycles. The van der Waals surface area contributed by atoms with Gasteiger partial charge < -0.3 is 10.6 Å². The summed E-state index contributed by atoms with van der Waals surface area (Å²) in [6.45, 7) is 0.471. The fraction of sp³-hybridized carbons (Fsp3) is 0.176. The zero-order chi connectivity index (χ0) is 14.7. The molecule has 1 heterocycles. The number of amides is 1. The van der Waals surface area contributed by atoms with E-state index in [4.69, 9.17) is 5.26 Å². The highest BCUT2D eigenvalue weighted by Crippen LogP contribution is 2.25. The molecule has 2 aromatic carbocycles. The van der Waals surface area contributed by atoms with Crippen molar-refractivity contribution in [2.75, 3.05) is 5.32 Å². The lowest BCUT2D eigenvalue weighted by Gasteiger charge is -2.12. The number of hydrogen-bond donors (Lipinski definition) is 2. The van der Waals surface area contributed by atoms with E-state index in [1.54, 1.807) is 12.1 Å². The van der Waals surface area contributed by atoms with Crippen molar-refractivity contribution in [2.45, 2.75) is 19.0 Å². The van der Waals surface area contributed by atoms with E-state index >= 15 is 0 Å². The van der Waals surface area contributed by atoms with Crippen LogP contribution in [-0.2, 0) is 17.8 Å². The van der Waals surface area contributed by atoms with Crippen LogP contribution in [0.4, 0.5) is 5.69 Å². The molecule has 1 aliphatic heterocycles. The Balaban J connectivity index is 1.57. The summed E-state index contributed by atoms with van der Waals surface area (Å²) >= 11 is 0. The van der Waals surface area contributed by atoms with Crippen molar-refractivity contribution in [2.24, 2.45) is 0 Å². The molecule has 0 aliphatic carbocycles. The number of fused-ring (bicyclic) bond motifs is 1. The van der Waals surface area contributed by atoms with Crippen LogP contribution >= 0.6 is 0 Å². The average molecular weight is 277 g/mol. The number of hydrogen-bond acceptors (Lipinski definition) is 3. The first kappa shape index (κ1) is 13.2. The summed E-state index contributed by atoms with van der Waals surface area (Å²) in [7, 11) is 0. The second-order valence-corrected chi connectivity index (χ2v) is 5.08. The predicted molar refractivity (Wildman–Crippen MR) is 80.6 cm³/mol. The summed E-state index contributed by atoms with van der Waals surface area (Å²) in [5.74, 6) is -0.00411. The van der Waals surface area contributed by atoms with Crippen LogP contribution in [-0.4, -0.2) is 11.9 Å². The second kappa shape index (κ2) is 5.68. The molecular weight excluding hydrogens is 262 g/mol. The Morgan fingerprint density at radius 3 is 2.71 bits per heavy atom. The molecule has 0 aromatic heterocycles. The molecule has 1 atom stereocenters. The maximum absolute atomic E-state index is 12.2. The van der Waals surface area contributed by atoms with Gasteiger partial charge in [0.15, 0.2) is 0 Å². The Morgan fingerprint density at radius 1 is 1.24 bits per heavy atom. The van der Waals surface area contributed by atoms with E-state index in [0.717, 1.165) is 17.7 Å². The zero-order valence-electron chi connectivity index (χ0n) is 11.5. The summed E-state index contributed by atoms with van der Waals surface area (Å²) in [6, 6.07) is 17.1. The molecule has 0 saturated carbocycles. The first-order valence-electron chi connectivity index (χ1n) is 6.87. The molecule has 0 fully saturated rings. The molecule has 1 aliphatic rings. The molecule has 2 N–H and O–H groups in total. The maximum Gasteiger partial charge on any atom is 0.243 e. The molecule has 2 aromatic rings. The number of carbonyl (C=O) groups is 1. The molecule has 3 rings (SSSR count). The van der Waals surface area contributed by atoms with Crippen LogP contribution in [0.15, 0.2) is 48.5 Å². The molecule has 0 radical (unpaired) electrons. The van der Waals surface area contributed by atoms with E-state index in [0.29, 0.717) is 12.1 Å². The predicted octanol–water partition coefficient (Wildman–Crippen LogP) is 2.21. The molecule has 21 heavy (non-hydrogen) atoms. The number of anilines is 1. The van der Waals surface area contributed by atoms with Crippen LogP contribution < -0.4 is 10.6 Å². The van der Waals surface area contributed by atoms with Crippen LogP contribution in [0.5, 0.6) is 0 Å². The quantitative estimate of drug-likeness (QED) is 0.904. The number of para-hydroxylation sites is 1. The third-order valence-corrected chi connectivity index (χ3v) is 3.64. The maximum atomic E-state index is 12.2.